The summed E-state index contributed by atoms with van der Waals surface area (Å²) >= 11 is -1.34. The van der Waals surface area contributed by atoms with Crippen LogP contribution in [0.15, 0.2) is 36.4 Å². The largest absolute Gasteiger partial charge is 0.491 e. The highest BCUT2D eigenvalue weighted by Gasteiger charge is 2.32. The van der Waals surface area contributed by atoms with E-state index in [9.17, 15) is 9.32 Å². The monoisotopic (exact) mass is 446 g/mol. The summed E-state index contributed by atoms with van der Waals surface area (Å²) in [4.78, 5) is 0. The van der Waals surface area contributed by atoms with E-state index in [0.29, 0.717) is 5.75 Å². The Balaban J connectivity index is 2.37. The second-order valence-electron chi connectivity index (χ2n) is 9.43. The predicted octanol–water partition coefficient (Wildman–Crippen LogP) is 5.87. The van der Waals surface area contributed by atoms with Gasteiger partial charge in [-0.3, -0.25) is 0 Å². The van der Waals surface area contributed by atoms with E-state index < -0.39 is 17.2 Å². The first kappa shape index (κ1) is 25.4. The number of rotatable bonds is 9. The van der Waals surface area contributed by atoms with Crippen molar-refractivity contribution >= 4 is 11.1 Å². The summed E-state index contributed by atoms with van der Waals surface area (Å²) in [5.74, 6) is 1.46. The molecule has 2 rings (SSSR count). The number of aliphatic hydroxyl groups excluding tert-OH is 1. The van der Waals surface area contributed by atoms with E-state index in [1.54, 1.807) is 0 Å². The normalized spacial score (nSPS) is 14.2. The number of hydrogen-bond acceptors (Lipinski definition) is 4. The topological polar surface area (TPSA) is 55.8 Å². The molecular weight excluding hydrogens is 408 g/mol. The minimum absolute atomic E-state index is 0.136. The molecule has 2 atom stereocenters. The molecule has 5 heteroatoms. The molecule has 0 aromatic heterocycles. The Bertz CT molecular complexity index is 910. The second kappa shape index (κ2) is 10.2. The highest BCUT2D eigenvalue weighted by atomic mass is 32.2. The highest BCUT2D eigenvalue weighted by Crippen LogP contribution is 2.41. The average Bonchev–Trinajstić information content (AvgIpc) is 2.69. The van der Waals surface area contributed by atoms with E-state index in [4.69, 9.17) is 8.92 Å². The third kappa shape index (κ3) is 5.89. The molecule has 2 aromatic carbocycles. The Hall–Kier alpha value is -1.85. The summed E-state index contributed by atoms with van der Waals surface area (Å²) in [6, 6.07) is 12.5. The van der Waals surface area contributed by atoms with Gasteiger partial charge in [0.15, 0.2) is 0 Å². The van der Waals surface area contributed by atoms with Crippen LogP contribution in [0.1, 0.15) is 69.7 Å². The first-order valence-electron chi connectivity index (χ1n) is 11.0. The van der Waals surface area contributed by atoms with Crippen LogP contribution in [0.4, 0.5) is 0 Å². The van der Waals surface area contributed by atoms with Crippen LogP contribution in [0.2, 0.25) is 0 Å². The van der Waals surface area contributed by atoms with Crippen molar-refractivity contribution in [2.75, 3.05) is 12.9 Å². The van der Waals surface area contributed by atoms with Crippen LogP contribution in [0.5, 0.6) is 11.5 Å². The van der Waals surface area contributed by atoms with Crippen molar-refractivity contribution in [1.82, 2.24) is 0 Å². The van der Waals surface area contributed by atoms with E-state index in [2.05, 4.69) is 45.0 Å². The zero-order valence-corrected chi connectivity index (χ0v) is 21.1. The Morgan fingerprint density at radius 3 is 1.81 bits per heavy atom. The van der Waals surface area contributed by atoms with Crippen molar-refractivity contribution < 1.29 is 18.2 Å². The smallest absolute Gasteiger partial charge is 0.203 e. The minimum atomic E-state index is -1.34. The van der Waals surface area contributed by atoms with Crippen LogP contribution in [-0.2, 0) is 16.5 Å². The van der Waals surface area contributed by atoms with Gasteiger partial charge in [-0.2, -0.15) is 0 Å². The summed E-state index contributed by atoms with van der Waals surface area (Å²) < 4.78 is 22.8. The second-order valence-corrected chi connectivity index (χ2v) is 10.4. The molecule has 1 N–H and O–H groups in total. The molecule has 31 heavy (non-hydrogen) atoms. The molecule has 4 nitrogen and oxygen atoms in total. The lowest BCUT2D eigenvalue weighted by Gasteiger charge is -2.34. The van der Waals surface area contributed by atoms with E-state index in [0.717, 1.165) is 29.7 Å². The van der Waals surface area contributed by atoms with Crippen molar-refractivity contribution in [3.8, 4) is 11.5 Å². The molecule has 0 fully saturated rings. The van der Waals surface area contributed by atoms with E-state index >= 15 is 0 Å². The molecular formula is C26H38O4S. The molecule has 0 aliphatic rings. The standard InChI is InChI=1S/C26H38O4S/c1-9-26(10-2,21-12-14-23(19(4)16-21)30-31(8)28)20-11-13-22(18(3)15-20)29-17-24(27)25(5,6)7/h11-16,24,27H,9-10,17H2,1-8H3/t24-,31?/m0/s1. The van der Waals surface area contributed by atoms with Gasteiger partial charge in [0.25, 0.3) is 0 Å². The zero-order chi connectivity index (χ0) is 23.4. The van der Waals surface area contributed by atoms with Crippen molar-refractivity contribution in [1.29, 1.82) is 0 Å². The summed E-state index contributed by atoms with van der Waals surface area (Å²) in [5.41, 5.74) is 4.15. The maximum Gasteiger partial charge on any atom is 0.203 e. The SMILES string of the molecule is CCC(CC)(c1ccc(OC[C@H](O)C(C)(C)C)c(C)c1)c1ccc(OS(C)=O)c(C)c1. The summed E-state index contributed by atoms with van der Waals surface area (Å²) in [6.45, 7) is 14.8. The van der Waals surface area contributed by atoms with E-state index in [-0.39, 0.29) is 17.4 Å². The lowest BCUT2D eigenvalue weighted by Crippen LogP contribution is -2.32. The van der Waals surface area contributed by atoms with Gasteiger partial charge >= 0.3 is 0 Å². The fraction of sp³-hybridized carbons (Fsp3) is 0.538. The maximum atomic E-state index is 11.5. The Kier molecular flexibility index (Phi) is 8.34. The van der Waals surface area contributed by atoms with E-state index in [1.165, 1.54) is 17.4 Å². The number of aryl methyl sites for hydroxylation is 2. The van der Waals surface area contributed by atoms with Crippen LogP contribution in [0.3, 0.4) is 0 Å². The fourth-order valence-electron chi connectivity index (χ4n) is 3.93. The molecule has 0 bridgehead atoms. The Morgan fingerprint density at radius 2 is 1.42 bits per heavy atom. The van der Waals surface area contributed by atoms with Crippen LogP contribution in [0, 0.1) is 19.3 Å². The van der Waals surface area contributed by atoms with Crippen molar-refractivity contribution in [3.63, 3.8) is 0 Å². The van der Waals surface area contributed by atoms with Gasteiger partial charge in [0, 0.05) is 11.7 Å². The summed E-state index contributed by atoms with van der Waals surface area (Å²) in [6.07, 6.45) is 2.90. The molecule has 0 radical (unpaired) electrons. The van der Waals surface area contributed by atoms with Gasteiger partial charge in [0.05, 0.1) is 6.10 Å². The maximum absolute atomic E-state index is 11.5. The minimum Gasteiger partial charge on any atom is -0.491 e. The molecule has 172 valence electrons. The van der Waals surface area contributed by atoms with Gasteiger partial charge in [0.2, 0.25) is 11.1 Å². The predicted molar refractivity (Wildman–Crippen MR) is 129 cm³/mol. The number of ether oxygens (including phenoxy) is 1. The molecule has 0 saturated carbocycles. The number of aliphatic hydroxyl groups is 1. The lowest BCUT2D eigenvalue weighted by molar-refractivity contribution is 0.0216. The number of hydrogen-bond donors (Lipinski definition) is 1. The van der Waals surface area contributed by atoms with E-state index in [1.807, 2.05) is 39.8 Å². The molecule has 0 aliphatic heterocycles. The molecule has 0 spiro atoms. The van der Waals surface area contributed by atoms with Crippen molar-refractivity contribution in [2.24, 2.45) is 5.41 Å². The summed E-state index contributed by atoms with van der Waals surface area (Å²) in [5, 5.41) is 10.3. The van der Waals surface area contributed by atoms with Crippen LogP contribution < -0.4 is 8.92 Å². The number of benzene rings is 2. The average molecular weight is 447 g/mol. The Labute approximate surface area is 190 Å². The van der Waals surface area contributed by atoms with Crippen LogP contribution in [0.25, 0.3) is 0 Å². The van der Waals surface area contributed by atoms with Crippen LogP contribution in [-0.4, -0.2) is 28.3 Å². The molecule has 2 aromatic rings. The third-order valence-corrected chi connectivity index (χ3v) is 6.68. The molecule has 0 aliphatic carbocycles. The molecule has 1 unspecified atom stereocenters. The van der Waals surface area contributed by atoms with Gasteiger partial charge in [-0.15, -0.1) is 0 Å². The first-order chi connectivity index (χ1) is 14.4. The van der Waals surface area contributed by atoms with Crippen molar-refractivity contribution in [3.05, 3.63) is 58.7 Å². The molecule has 0 amide bonds. The van der Waals surface area contributed by atoms with Gasteiger partial charge in [0.1, 0.15) is 18.1 Å². The van der Waals surface area contributed by atoms with Gasteiger partial charge in [-0.1, -0.05) is 58.9 Å². The fourth-order valence-corrected chi connectivity index (χ4v) is 4.37. The lowest BCUT2D eigenvalue weighted by atomic mass is 9.70. The quantitative estimate of drug-likeness (QED) is 0.523. The van der Waals surface area contributed by atoms with Gasteiger partial charge in [-0.25, -0.2) is 4.21 Å². The first-order valence-corrected chi connectivity index (χ1v) is 12.5. The van der Waals surface area contributed by atoms with Gasteiger partial charge < -0.3 is 14.0 Å². The Morgan fingerprint density at radius 1 is 0.935 bits per heavy atom. The zero-order valence-electron chi connectivity index (χ0n) is 20.2. The molecule has 0 saturated heterocycles. The third-order valence-electron chi connectivity index (χ3n) is 6.27. The molecule has 0 heterocycles. The highest BCUT2D eigenvalue weighted by molar-refractivity contribution is 7.79. The summed E-state index contributed by atoms with van der Waals surface area (Å²) in [7, 11) is 0. The van der Waals surface area contributed by atoms with Crippen molar-refractivity contribution in [2.45, 2.75) is 72.8 Å². The van der Waals surface area contributed by atoms with Crippen LogP contribution >= 0.6 is 0 Å². The van der Waals surface area contributed by atoms with Gasteiger partial charge in [-0.05, 0) is 66.5 Å².